The standard InChI is InChI=1S/C9H7N5O4/c10-9(16)8-7(11-13-12-8)4-1-5(14(17)18)3-6(15)2-4/h1-3,15H,(H2,10,16)(H,11,12,13). The van der Waals surface area contributed by atoms with E-state index in [2.05, 4.69) is 15.4 Å². The molecule has 0 radical (unpaired) electrons. The van der Waals surface area contributed by atoms with Gasteiger partial charge in [0.2, 0.25) is 0 Å². The zero-order valence-corrected chi connectivity index (χ0v) is 8.82. The first-order valence-corrected chi connectivity index (χ1v) is 4.68. The number of hydrogen-bond donors (Lipinski definition) is 3. The van der Waals surface area contributed by atoms with Crippen LogP contribution in [-0.2, 0) is 0 Å². The van der Waals surface area contributed by atoms with Crippen molar-refractivity contribution in [2.24, 2.45) is 5.73 Å². The summed E-state index contributed by atoms with van der Waals surface area (Å²) in [6, 6.07) is 3.36. The lowest BCUT2D eigenvalue weighted by molar-refractivity contribution is -0.384. The Morgan fingerprint density at radius 3 is 2.72 bits per heavy atom. The summed E-state index contributed by atoms with van der Waals surface area (Å²) < 4.78 is 0. The lowest BCUT2D eigenvalue weighted by Crippen LogP contribution is -2.12. The molecule has 9 heteroatoms. The molecule has 18 heavy (non-hydrogen) atoms. The second kappa shape index (κ2) is 4.13. The van der Waals surface area contributed by atoms with Crippen molar-refractivity contribution in [3.63, 3.8) is 0 Å². The van der Waals surface area contributed by atoms with E-state index in [0.29, 0.717) is 0 Å². The van der Waals surface area contributed by atoms with Crippen molar-refractivity contribution in [1.29, 1.82) is 0 Å². The van der Waals surface area contributed by atoms with E-state index in [1.54, 1.807) is 0 Å². The highest BCUT2D eigenvalue weighted by atomic mass is 16.6. The number of carbonyl (C=O) groups is 1. The number of H-pyrrole nitrogens is 1. The third-order valence-electron chi connectivity index (χ3n) is 2.17. The number of benzene rings is 1. The average molecular weight is 249 g/mol. The minimum absolute atomic E-state index is 0.0431. The van der Waals surface area contributed by atoms with Crippen LogP contribution < -0.4 is 5.73 Å². The van der Waals surface area contributed by atoms with Crippen molar-refractivity contribution in [2.45, 2.75) is 0 Å². The van der Waals surface area contributed by atoms with Crippen LogP contribution >= 0.6 is 0 Å². The minimum Gasteiger partial charge on any atom is -0.508 e. The largest absolute Gasteiger partial charge is 0.508 e. The Morgan fingerprint density at radius 2 is 2.11 bits per heavy atom. The molecule has 0 atom stereocenters. The Labute approximate surface area is 99.4 Å². The summed E-state index contributed by atoms with van der Waals surface area (Å²) >= 11 is 0. The number of aromatic nitrogens is 3. The second-order valence-electron chi connectivity index (χ2n) is 3.38. The van der Waals surface area contributed by atoms with E-state index < -0.39 is 10.8 Å². The molecule has 0 bridgehead atoms. The van der Waals surface area contributed by atoms with Gasteiger partial charge < -0.3 is 10.8 Å². The molecule has 1 aromatic carbocycles. The van der Waals surface area contributed by atoms with E-state index in [1.807, 2.05) is 0 Å². The maximum atomic E-state index is 11.1. The summed E-state index contributed by atoms with van der Waals surface area (Å²) in [6.07, 6.45) is 0. The first-order valence-electron chi connectivity index (χ1n) is 4.68. The molecule has 0 saturated carbocycles. The molecule has 2 rings (SSSR count). The number of carbonyl (C=O) groups excluding carboxylic acids is 1. The van der Waals surface area contributed by atoms with Crippen LogP contribution in [-0.4, -0.2) is 31.3 Å². The molecule has 0 aliphatic rings. The SMILES string of the molecule is NC(=O)c1n[nH]nc1-c1cc(O)cc([N+](=O)[O-])c1. The topological polar surface area (TPSA) is 148 Å². The van der Waals surface area contributed by atoms with Crippen molar-refractivity contribution < 1.29 is 14.8 Å². The molecule has 0 aliphatic heterocycles. The Balaban J connectivity index is 2.60. The lowest BCUT2D eigenvalue weighted by Gasteiger charge is -2.00. The number of hydrogen-bond acceptors (Lipinski definition) is 6. The van der Waals surface area contributed by atoms with E-state index in [-0.39, 0.29) is 28.4 Å². The fourth-order valence-electron chi connectivity index (χ4n) is 1.44. The van der Waals surface area contributed by atoms with E-state index >= 15 is 0 Å². The highest BCUT2D eigenvalue weighted by Crippen LogP contribution is 2.28. The number of primary amides is 1. The number of phenolic OH excluding ortho intramolecular Hbond substituents is 1. The van der Waals surface area contributed by atoms with Crippen molar-refractivity contribution in [1.82, 2.24) is 15.4 Å². The Morgan fingerprint density at radius 1 is 1.39 bits per heavy atom. The molecular weight excluding hydrogens is 242 g/mol. The summed E-state index contributed by atoms with van der Waals surface area (Å²) in [5.74, 6) is -1.15. The van der Waals surface area contributed by atoms with Gasteiger partial charge in [0.15, 0.2) is 5.69 Å². The van der Waals surface area contributed by atoms with Crippen molar-refractivity contribution in [3.05, 3.63) is 34.0 Å². The van der Waals surface area contributed by atoms with Crippen LogP contribution in [0.4, 0.5) is 5.69 Å². The third kappa shape index (κ3) is 1.96. The molecule has 2 aromatic rings. The highest BCUT2D eigenvalue weighted by molar-refractivity contribution is 5.96. The summed E-state index contributed by atoms with van der Waals surface area (Å²) in [5, 5.41) is 29.5. The Kier molecular flexibility index (Phi) is 2.64. The van der Waals surface area contributed by atoms with Crippen LogP contribution in [0.25, 0.3) is 11.3 Å². The van der Waals surface area contributed by atoms with Gasteiger partial charge in [0.05, 0.1) is 11.0 Å². The number of nitro benzene ring substituents is 1. The van der Waals surface area contributed by atoms with Crippen molar-refractivity contribution in [2.75, 3.05) is 0 Å². The van der Waals surface area contributed by atoms with Crippen LogP contribution in [0, 0.1) is 10.1 Å². The number of nitrogens with zero attached hydrogens (tertiary/aromatic N) is 3. The zero-order chi connectivity index (χ0) is 13.3. The van der Waals surface area contributed by atoms with E-state index in [1.165, 1.54) is 6.07 Å². The first kappa shape index (κ1) is 11.5. The highest BCUT2D eigenvalue weighted by Gasteiger charge is 2.18. The summed E-state index contributed by atoms with van der Waals surface area (Å²) in [6.45, 7) is 0. The smallest absolute Gasteiger partial charge is 0.273 e. The van der Waals surface area contributed by atoms with Crippen molar-refractivity contribution >= 4 is 11.6 Å². The fraction of sp³-hybridized carbons (Fsp3) is 0. The monoisotopic (exact) mass is 249 g/mol. The normalized spacial score (nSPS) is 10.2. The van der Waals surface area contributed by atoms with Gasteiger partial charge in [-0.05, 0) is 6.07 Å². The Bertz CT molecular complexity index is 636. The van der Waals surface area contributed by atoms with E-state index in [9.17, 15) is 20.0 Å². The number of amides is 1. The maximum absolute atomic E-state index is 11.1. The van der Waals surface area contributed by atoms with Crippen LogP contribution in [0.2, 0.25) is 0 Å². The van der Waals surface area contributed by atoms with Gasteiger partial charge in [0.1, 0.15) is 11.4 Å². The number of rotatable bonds is 3. The van der Waals surface area contributed by atoms with Gasteiger partial charge in [0, 0.05) is 11.6 Å². The Hall–Kier alpha value is -2.97. The predicted octanol–water partition coefficient (Wildman–Crippen LogP) is 0.184. The van der Waals surface area contributed by atoms with Gasteiger partial charge in [-0.15, -0.1) is 0 Å². The molecule has 9 nitrogen and oxygen atoms in total. The zero-order valence-electron chi connectivity index (χ0n) is 8.82. The summed E-state index contributed by atoms with van der Waals surface area (Å²) in [4.78, 5) is 21.0. The molecule has 4 N–H and O–H groups in total. The predicted molar refractivity (Wildman–Crippen MR) is 58.7 cm³/mol. The lowest BCUT2D eigenvalue weighted by atomic mass is 10.1. The number of aromatic amines is 1. The number of nitro groups is 1. The molecule has 0 aliphatic carbocycles. The summed E-state index contributed by atoms with van der Waals surface area (Å²) in [7, 11) is 0. The first-order chi connectivity index (χ1) is 8.49. The molecule has 1 heterocycles. The van der Waals surface area contributed by atoms with Crippen molar-refractivity contribution in [3.8, 4) is 17.0 Å². The molecule has 1 amide bonds. The minimum atomic E-state index is -0.829. The quantitative estimate of drug-likeness (QED) is 0.522. The summed E-state index contributed by atoms with van der Waals surface area (Å²) in [5.41, 5.74) is 4.80. The second-order valence-corrected chi connectivity index (χ2v) is 3.38. The molecule has 0 unspecified atom stereocenters. The van der Waals surface area contributed by atoms with Crippen LogP contribution in [0.15, 0.2) is 18.2 Å². The molecule has 0 spiro atoms. The molecule has 0 saturated heterocycles. The maximum Gasteiger partial charge on any atom is 0.273 e. The number of nitrogens with two attached hydrogens (primary N) is 1. The van der Waals surface area contributed by atoms with Gasteiger partial charge in [-0.3, -0.25) is 14.9 Å². The average Bonchev–Trinajstić information content (AvgIpc) is 2.76. The number of non-ortho nitro benzene ring substituents is 1. The van der Waals surface area contributed by atoms with Gasteiger partial charge in [-0.1, -0.05) is 0 Å². The van der Waals surface area contributed by atoms with Crippen LogP contribution in [0.5, 0.6) is 5.75 Å². The fourth-order valence-corrected chi connectivity index (χ4v) is 1.44. The molecule has 92 valence electrons. The number of phenols is 1. The third-order valence-corrected chi connectivity index (χ3v) is 2.17. The van der Waals surface area contributed by atoms with Gasteiger partial charge in [-0.25, -0.2) is 0 Å². The van der Waals surface area contributed by atoms with Gasteiger partial charge in [-0.2, -0.15) is 15.4 Å². The van der Waals surface area contributed by atoms with E-state index in [0.717, 1.165) is 12.1 Å². The van der Waals surface area contributed by atoms with Crippen LogP contribution in [0.1, 0.15) is 10.5 Å². The van der Waals surface area contributed by atoms with E-state index in [4.69, 9.17) is 5.73 Å². The number of aromatic hydroxyl groups is 1. The number of nitrogens with one attached hydrogen (secondary N) is 1. The van der Waals surface area contributed by atoms with Gasteiger partial charge in [0.25, 0.3) is 11.6 Å². The molecule has 1 aromatic heterocycles. The van der Waals surface area contributed by atoms with Crippen LogP contribution in [0.3, 0.4) is 0 Å². The van der Waals surface area contributed by atoms with Gasteiger partial charge >= 0.3 is 0 Å². The molecule has 0 fully saturated rings. The molecular formula is C9H7N5O4.